The smallest absolute Gasteiger partial charge is 0.279 e. The van der Waals surface area contributed by atoms with Crippen LogP contribution >= 0.6 is 8.58 Å². The van der Waals surface area contributed by atoms with E-state index in [-0.39, 0.29) is 0 Å². The molecule has 0 spiro atoms. The monoisotopic (exact) mass is 500 g/mol. The Morgan fingerprint density at radius 2 is 0.970 bits per heavy atom. The molecule has 2 aliphatic rings. The fourth-order valence-corrected chi connectivity index (χ4v) is 5.72. The number of rotatable bonds is 4. The molecule has 2 aliphatic carbocycles. The van der Waals surface area contributed by atoms with Crippen molar-refractivity contribution in [2.75, 3.05) is 0 Å². The Balaban J connectivity index is 0.000000331. The number of alkyl halides is 3. The maximum Gasteiger partial charge on any atom is 0.522 e. The van der Waals surface area contributed by atoms with Crippen molar-refractivity contribution in [1.82, 2.24) is 0 Å². The van der Waals surface area contributed by atoms with Crippen LogP contribution in [0.5, 0.6) is 0 Å². The zero-order valence-electron chi connectivity index (χ0n) is 18.7. The van der Waals surface area contributed by atoms with Gasteiger partial charge in [0.05, 0.1) is 0 Å². The molecular formula is C25H32F3O3PS. The number of halogens is 3. The third kappa shape index (κ3) is 8.08. The second kappa shape index (κ2) is 11.8. The van der Waals surface area contributed by atoms with Gasteiger partial charge in [-0.05, 0) is 59.3 Å². The van der Waals surface area contributed by atoms with Gasteiger partial charge in [0.1, 0.15) is 0 Å². The summed E-state index contributed by atoms with van der Waals surface area (Å²) < 4.78 is 57.5. The molecule has 2 saturated carbocycles. The van der Waals surface area contributed by atoms with Crippen LogP contribution in [-0.4, -0.2) is 18.5 Å². The molecule has 0 unspecified atom stereocenters. The zero-order chi connectivity index (χ0) is 23.9. The maximum absolute atomic E-state index is 10.7. The lowest BCUT2D eigenvalue weighted by atomic mass is 9.84. The number of hydrogen-bond acceptors (Lipinski definition) is 2. The van der Waals surface area contributed by atoms with Crippen LogP contribution in [0, 0.1) is 0 Å². The molecule has 0 amide bonds. The van der Waals surface area contributed by atoms with Gasteiger partial charge in [0, 0.05) is 0 Å². The van der Waals surface area contributed by atoms with Crippen LogP contribution in [0.4, 0.5) is 13.2 Å². The van der Waals surface area contributed by atoms with E-state index >= 15 is 0 Å². The Morgan fingerprint density at radius 3 is 1.24 bits per heavy atom. The van der Waals surface area contributed by atoms with Gasteiger partial charge in [-0.25, -0.2) is 0 Å². The Bertz CT molecular complexity index is 902. The van der Waals surface area contributed by atoms with E-state index in [1.807, 2.05) is 0 Å². The van der Waals surface area contributed by atoms with E-state index in [1.54, 1.807) is 11.1 Å². The highest BCUT2D eigenvalue weighted by Crippen LogP contribution is 2.33. The van der Waals surface area contributed by atoms with E-state index in [0.29, 0.717) is 0 Å². The molecular weight excluding hydrogens is 468 g/mol. The SMILES string of the molecule is O=S(=O)(O)C(F)(F)F.c1cc(C2CCCCC2)ccc1Pc1ccc(C2CCCCC2)cc1. The van der Waals surface area contributed by atoms with Crippen molar-refractivity contribution in [2.45, 2.75) is 81.6 Å². The first-order valence-corrected chi connectivity index (χ1v) is 14.1. The third-order valence-electron chi connectivity index (χ3n) is 6.56. The predicted octanol–water partition coefficient (Wildman–Crippen LogP) is 6.81. The fourth-order valence-electron chi connectivity index (χ4n) is 4.72. The van der Waals surface area contributed by atoms with Crippen LogP contribution in [0.2, 0.25) is 0 Å². The van der Waals surface area contributed by atoms with E-state index < -0.39 is 15.6 Å². The molecule has 0 aromatic heterocycles. The van der Waals surface area contributed by atoms with Crippen LogP contribution in [0.25, 0.3) is 0 Å². The van der Waals surface area contributed by atoms with Crippen molar-refractivity contribution in [3.63, 3.8) is 0 Å². The summed E-state index contributed by atoms with van der Waals surface area (Å²) in [7, 11) is -5.05. The molecule has 0 atom stereocenters. The summed E-state index contributed by atoms with van der Waals surface area (Å²) in [6.45, 7) is 0. The highest BCUT2D eigenvalue weighted by molar-refractivity contribution is 7.86. The lowest BCUT2D eigenvalue weighted by Gasteiger charge is -2.22. The van der Waals surface area contributed by atoms with Crippen molar-refractivity contribution in [3.05, 3.63) is 59.7 Å². The molecule has 0 heterocycles. The number of hydrogen-bond donors (Lipinski definition) is 1. The lowest BCUT2D eigenvalue weighted by molar-refractivity contribution is -0.0510. The molecule has 2 aromatic rings. The topological polar surface area (TPSA) is 54.4 Å². The van der Waals surface area contributed by atoms with Crippen LogP contribution < -0.4 is 10.6 Å². The zero-order valence-corrected chi connectivity index (χ0v) is 20.5. The molecule has 2 fully saturated rings. The molecule has 2 aromatic carbocycles. The lowest BCUT2D eigenvalue weighted by Crippen LogP contribution is -2.21. The molecule has 0 aliphatic heterocycles. The molecule has 1 N–H and O–H groups in total. The van der Waals surface area contributed by atoms with E-state index in [0.717, 1.165) is 20.4 Å². The van der Waals surface area contributed by atoms with Crippen molar-refractivity contribution < 1.29 is 26.1 Å². The average Bonchev–Trinajstić information content (AvgIpc) is 2.80. The summed E-state index contributed by atoms with van der Waals surface area (Å²) in [6, 6.07) is 19.1. The fraction of sp³-hybridized carbons (Fsp3) is 0.520. The summed E-state index contributed by atoms with van der Waals surface area (Å²) in [6.07, 6.45) is 14.1. The molecule has 8 heteroatoms. The van der Waals surface area contributed by atoms with E-state index in [9.17, 15) is 13.2 Å². The van der Waals surface area contributed by atoms with Gasteiger partial charge in [-0.3, -0.25) is 4.55 Å². The quantitative estimate of drug-likeness (QED) is 0.285. The molecule has 182 valence electrons. The summed E-state index contributed by atoms with van der Waals surface area (Å²) in [4.78, 5) is 0. The van der Waals surface area contributed by atoms with Crippen molar-refractivity contribution in [1.29, 1.82) is 0 Å². The predicted molar refractivity (Wildman–Crippen MR) is 130 cm³/mol. The van der Waals surface area contributed by atoms with Crippen LogP contribution in [0.1, 0.15) is 87.2 Å². The molecule has 0 bridgehead atoms. The first kappa shape index (κ1) is 26.2. The van der Waals surface area contributed by atoms with Gasteiger partial charge in [-0.1, -0.05) is 95.6 Å². The molecule has 3 nitrogen and oxygen atoms in total. The van der Waals surface area contributed by atoms with Crippen molar-refractivity contribution >= 4 is 29.3 Å². The molecule has 33 heavy (non-hydrogen) atoms. The van der Waals surface area contributed by atoms with Crippen molar-refractivity contribution in [2.24, 2.45) is 0 Å². The van der Waals surface area contributed by atoms with E-state index in [2.05, 4.69) is 48.5 Å². The van der Waals surface area contributed by atoms with Gasteiger partial charge in [0.15, 0.2) is 0 Å². The van der Waals surface area contributed by atoms with Gasteiger partial charge < -0.3 is 0 Å². The Labute approximate surface area is 196 Å². The Morgan fingerprint density at radius 1 is 0.667 bits per heavy atom. The van der Waals surface area contributed by atoms with Gasteiger partial charge in [0.25, 0.3) is 0 Å². The molecule has 0 saturated heterocycles. The van der Waals surface area contributed by atoms with Gasteiger partial charge in [-0.2, -0.15) is 21.6 Å². The first-order chi connectivity index (χ1) is 15.6. The summed E-state index contributed by atoms with van der Waals surface area (Å²) in [5.41, 5.74) is -2.39. The van der Waals surface area contributed by atoms with E-state index in [4.69, 9.17) is 13.0 Å². The minimum absolute atomic E-state index is 0.788. The summed E-state index contributed by atoms with van der Waals surface area (Å²) >= 11 is 0. The van der Waals surface area contributed by atoms with E-state index in [1.165, 1.54) is 74.8 Å². The molecule has 0 radical (unpaired) electrons. The Hall–Kier alpha value is -1.43. The normalized spacial score (nSPS) is 18.4. The highest BCUT2D eigenvalue weighted by Gasteiger charge is 2.44. The van der Waals surface area contributed by atoms with Crippen molar-refractivity contribution in [3.8, 4) is 0 Å². The van der Waals surface area contributed by atoms with Crippen LogP contribution in [0.15, 0.2) is 48.5 Å². The minimum Gasteiger partial charge on any atom is -0.279 e. The third-order valence-corrected chi connectivity index (χ3v) is 8.38. The minimum atomic E-state index is -5.84. The Kier molecular flexibility index (Phi) is 9.37. The number of benzene rings is 2. The largest absolute Gasteiger partial charge is 0.522 e. The molecule has 4 rings (SSSR count). The van der Waals surface area contributed by atoms with Gasteiger partial charge in [0.2, 0.25) is 0 Å². The second-order valence-corrected chi connectivity index (χ2v) is 11.8. The maximum atomic E-state index is 10.7. The average molecular weight is 501 g/mol. The standard InChI is InChI=1S/C24H31P.CHF3O3S/c1-3-7-19(8-4-1)21-11-15-23(16-12-21)25-24-17-13-22(14-18-24)20-9-5-2-6-10-20;2-1(3,4)8(5,6)7/h11-20,25H,1-10H2;(H,5,6,7). The summed E-state index contributed by atoms with van der Waals surface area (Å²) in [5.74, 6) is 1.64. The van der Waals surface area contributed by atoms with Gasteiger partial charge in [-0.15, -0.1) is 0 Å². The van der Waals surface area contributed by atoms with Gasteiger partial charge >= 0.3 is 15.6 Å². The second-order valence-electron chi connectivity index (χ2n) is 8.96. The highest BCUT2D eigenvalue weighted by atomic mass is 32.2. The first-order valence-electron chi connectivity index (χ1n) is 11.6. The van der Waals surface area contributed by atoms with Crippen LogP contribution in [0.3, 0.4) is 0 Å². The summed E-state index contributed by atoms with van der Waals surface area (Å²) in [5, 5.41) is 2.95. The van der Waals surface area contributed by atoms with Crippen LogP contribution in [-0.2, 0) is 10.1 Å².